The summed E-state index contributed by atoms with van der Waals surface area (Å²) in [5.74, 6) is -3.00. The molecule has 0 aromatic heterocycles. The van der Waals surface area contributed by atoms with Gasteiger partial charge in [-0.3, -0.25) is 14.5 Å². The van der Waals surface area contributed by atoms with Crippen molar-refractivity contribution in [1.29, 1.82) is 5.26 Å². The number of nitrogens with zero attached hydrogens (tertiary/aromatic N) is 4. The van der Waals surface area contributed by atoms with Gasteiger partial charge < -0.3 is 4.74 Å². The van der Waals surface area contributed by atoms with Crippen LogP contribution >= 0.6 is 0 Å². The van der Waals surface area contributed by atoms with E-state index in [-0.39, 0.29) is 12.0 Å². The minimum absolute atomic E-state index is 0.247. The van der Waals surface area contributed by atoms with Gasteiger partial charge in [0, 0.05) is 5.56 Å². The second-order valence-electron chi connectivity index (χ2n) is 8.55. The van der Waals surface area contributed by atoms with Crippen LogP contribution in [0, 0.1) is 17.2 Å². The van der Waals surface area contributed by atoms with Gasteiger partial charge in [0.05, 0.1) is 36.9 Å². The summed E-state index contributed by atoms with van der Waals surface area (Å²) in [6, 6.07) is 27.2. The quantitative estimate of drug-likeness (QED) is 0.411. The molecule has 3 aromatic carbocycles. The van der Waals surface area contributed by atoms with E-state index in [2.05, 4.69) is 6.07 Å². The summed E-state index contributed by atoms with van der Waals surface area (Å²) in [5, 5.41) is 16.3. The monoisotopic (exact) mass is 478 g/mol. The molecule has 3 aromatic rings. The number of anilines is 1. The third-order valence-corrected chi connectivity index (χ3v) is 6.68. The van der Waals surface area contributed by atoms with Crippen molar-refractivity contribution in [3.8, 4) is 6.07 Å². The number of carbonyl (C=O) groups excluding carboxylic acids is 3. The van der Waals surface area contributed by atoms with E-state index in [1.807, 2.05) is 36.4 Å². The van der Waals surface area contributed by atoms with Crippen LogP contribution in [0.1, 0.15) is 22.3 Å². The summed E-state index contributed by atoms with van der Waals surface area (Å²) >= 11 is 0. The topological polar surface area (TPSA) is 103 Å². The van der Waals surface area contributed by atoms with Crippen LogP contribution in [-0.2, 0) is 14.3 Å². The first-order chi connectivity index (χ1) is 17.5. The van der Waals surface area contributed by atoms with Crippen molar-refractivity contribution in [2.45, 2.75) is 18.0 Å². The van der Waals surface area contributed by atoms with Gasteiger partial charge >= 0.3 is 5.97 Å². The number of imide groups is 1. The summed E-state index contributed by atoms with van der Waals surface area (Å²) in [4.78, 5) is 42.3. The van der Waals surface area contributed by atoms with Gasteiger partial charge in [0.15, 0.2) is 5.54 Å². The molecular weight excluding hydrogens is 456 g/mol. The number of esters is 1. The first-order valence-corrected chi connectivity index (χ1v) is 11.4. The number of fused-ring (bicyclic) bond motifs is 1. The Morgan fingerprint density at radius 2 is 1.56 bits per heavy atom. The zero-order valence-electron chi connectivity index (χ0n) is 19.4. The van der Waals surface area contributed by atoms with Crippen molar-refractivity contribution in [2.24, 2.45) is 11.0 Å². The predicted molar refractivity (Wildman–Crippen MR) is 132 cm³/mol. The lowest BCUT2D eigenvalue weighted by atomic mass is 9.76. The van der Waals surface area contributed by atoms with Crippen molar-refractivity contribution < 1.29 is 19.1 Å². The first kappa shape index (κ1) is 23.0. The summed E-state index contributed by atoms with van der Waals surface area (Å²) in [7, 11) is 1.21. The number of benzene rings is 3. The normalized spacial score (nSPS) is 22.6. The van der Waals surface area contributed by atoms with Crippen LogP contribution < -0.4 is 5.01 Å². The van der Waals surface area contributed by atoms with Crippen LogP contribution in [0.5, 0.6) is 0 Å². The maximum absolute atomic E-state index is 14.3. The fourth-order valence-corrected chi connectivity index (χ4v) is 5.12. The second kappa shape index (κ2) is 9.12. The smallest absolute Gasteiger partial charge is 0.329 e. The molecule has 5 rings (SSSR count). The van der Waals surface area contributed by atoms with Crippen LogP contribution in [0.2, 0.25) is 0 Å². The number of para-hydroxylation sites is 1. The molecule has 0 radical (unpaired) electrons. The summed E-state index contributed by atoms with van der Waals surface area (Å²) < 4.78 is 5.11. The van der Waals surface area contributed by atoms with E-state index < -0.39 is 35.3 Å². The number of hydrazone groups is 1. The van der Waals surface area contributed by atoms with Gasteiger partial charge in [-0.1, -0.05) is 66.7 Å². The molecule has 3 atom stereocenters. The number of amides is 2. The Morgan fingerprint density at radius 3 is 2.14 bits per heavy atom. The van der Waals surface area contributed by atoms with Gasteiger partial charge in [0.2, 0.25) is 0 Å². The number of methoxy groups -OCH3 is 1. The van der Waals surface area contributed by atoms with Gasteiger partial charge in [-0.25, -0.2) is 9.80 Å². The zero-order chi connectivity index (χ0) is 25.3. The SMILES string of the molecule is COC(=O)[C@@H]1[C@H]2C(c3ccccc3)=NN(c3ccccc3)[C@@]2(CC#N)C(=O)N1C(=O)c1ccccc1. The highest BCUT2D eigenvalue weighted by atomic mass is 16.5. The Bertz CT molecular complexity index is 1390. The van der Waals surface area contributed by atoms with Gasteiger partial charge in [-0.05, 0) is 29.8 Å². The van der Waals surface area contributed by atoms with Crippen LogP contribution in [0.25, 0.3) is 0 Å². The van der Waals surface area contributed by atoms with Crippen molar-refractivity contribution >= 4 is 29.2 Å². The minimum Gasteiger partial charge on any atom is -0.467 e. The Kier molecular flexibility index (Phi) is 5.82. The van der Waals surface area contributed by atoms with Crippen LogP contribution in [0.15, 0.2) is 96.1 Å². The number of likely N-dealkylation sites (tertiary alicyclic amines) is 1. The van der Waals surface area contributed by atoms with E-state index in [1.54, 1.807) is 54.6 Å². The molecule has 1 saturated heterocycles. The van der Waals surface area contributed by atoms with Crippen LogP contribution in [0.3, 0.4) is 0 Å². The zero-order valence-corrected chi connectivity index (χ0v) is 19.4. The lowest BCUT2D eigenvalue weighted by molar-refractivity contribution is -0.148. The molecule has 2 heterocycles. The van der Waals surface area contributed by atoms with E-state index in [4.69, 9.17) is 9.84 Å². The highest BCUT2D eigenvalue weighted by molar-refractivity contribution is 6.21. The second-order valence-corrected chi connectivity index (χ2v) is 8.55. The summed E-state index contributed by atoms with van der Waals surface area (Å²) in [6.45, 7) is 0. The Morgan fingerprint density at radius 1 is 0.972 bits per heavy atom. The molecule has 178 valence electrons. The molecule has 2 aliphatic rings. The molecule has 0 saturated carbocycles. The van der Waals surface area contributed by atoms with Crippen molar-refractivity contribution in [3.05, 3.63) is 102 Å². The molecule has 8 nitrogen and oxygen atoms in total. The van der Waals surface area contributed by atoms with Crippen molar-refractivity contribution in [1.82, 2.24) is 4.90 Å². The molecular formula is C28H22N4O4. The average molecular weight is 479 g/mol. The third kappa shape index (κ3) is 3.36. The minimum atomic E-state index is -1.62. The van der Waals surface area contributed by atoms with Crippen LogP contribution in [-0.4, -0.2) is 47.1 Å². The molecule has 2 amide bonds. The Hall–Kier alpha value is -4.77. The molecule has 8 heteroatoms. The lowest BCUT2D eigenvalue weighted by Crippen LogP contribution is -2.54. The van der Waals surface area contributed by atoms with E-state index in [0.29, 0.717) is 17.0 Å². The fourth-order valence-electron chi connectivity index (χ4n) is 5.12. The molecule has 0 unspecified atom stereocenters. The number of rotatable bonds is 5. The van der Waals surface area contributed by atoms with E-state index in [0.717, 1.165) is 4.90 Å². The van der Waals surface area contributed by atoms with Crippen molar-refractivity contribution in [2.75, 3.05) is 12.1 Å². The predicted octanol–water partition coefficient (Wildman–Crippen LogP) is 3.40. The van der Waals surface area contributed by atoms with Gasteiger partial charge in [0.1, 0.15) is 6.04 Å². The highest BCUT2D eigenvalue weighted by Gasteiger charge is 2.71. The lowest BCUT2D eigenvalue weighted by Gasteiger charge is -2.33. The first-order valence-electron chi connectivity index (χ1n) is 11.4. The standard InChI is InChI=1S/C28H22N4O4/c1-36-26(34)24-22-23(19-11-5-2-6-12-19)30-32(21-15-9-4-10-16-21)28(22,17-18-29)27(35)31(24)25(33)20-13-7-3-8-14-20/h2-16,22,24H,17H2,1H3/t22-,24+,28-/m1/s1. The van der Waals surface area contributed by atoms with Crippen LogP contribution in [0.4, 0.5) is 5.69 Å². The van der Waals surface area contributed by atoms with Gasteiger partial charge in [-0.15, -0.1) is 0 Å². The van der Waals surface area contributed by atoms with Gasteiger partial charge in [0.25, 0.3) is 11.8 Å². The molecule has 0 N–H and O–H groups in total. The molecule has 2 aliphatic heterocycles. The number of carbonyl (C=O) groups is 3. The third-order valence-electron chi connectivity index (χ3n) is 6.68. The summed E-state index contributed by atoms with van der Waals surface area (Å²) in [5.41, 5.74) is 0.302. The Balaban J connectivity index is 1.77. The Labute approximate surface area is 208 Å². The maximum atomic E-state index is 14.3. The molecule has 0 bridgehead atoms. The average Bonchev–Trinajstić information content (AvgIpc) is 3.39. The largest absolute Gasteiger partial charge is 0.467 e. The number of hydrogen-bond donors (Lipinski definition) is 0. The van der Waals surface area contributed by atoms with E-state index >= 15 is 0 Å². The van der Waals surface area contributed by atoms with Gasteiger partial charge in [-0.2, -0.15) is 10.4 Å². The maximum Gasteiger partial charge on any atom is 0.329 e. The van der Waals surface area contributed by atoms with Crippen molar-refractivity contribution in [3.63, 3.8) is 0 Å². The number of nitriles is 1. The highest BCUT2D eigenvalue weighted by Crippen LogP contribution is 2.50. The van der Waals surface area contributed by atoms with E-state index in [1.165, 1.54) is 12.1 Å². The summed E-state index contributed by atoms with van der Waals surface area (Å²) in [6.07, 6.45) is -0.294. The number of hydrogen-bond acceptors (Lipinski definition) is 7. The molecule has 0 aliphatic carbocycles. The molecule has 36 heavy (non-hydrogen) atoms. The molecule has 1 fully saturated rings. The van der Waals surface area contributed by atoms with E-state index in [9.17, 15) is 19.6 Å². The molecule has 0 spiro atoms. The number of ether oxygens (including phenoxy) is 1. The fraction of sp³-hybridized carbons (Fsp3) is 0.179.